The Hall–Kier alpha value is -2.25. The predicted octanol–water partition coefficient (Wildman–Crippen LogP) is 1.54. The van der Waals surface area contributed by atoms with Crippen molar-refractivity contribution >= 4 is 17.5 Å². The Balaban J connectivity index is 2.94. The summed E-state index contributed by atoms with van der Waals surface area (Å²) in [5.74, 6) is -1.27. The number of rotatable bonds is 4. The molecule has 0 radical (unpaired) electrons. The zero-order valence-electron chi connectivity index (χ0n) is 11.5. The number of alkyl halides is 3. The van der Waals surface area contributed by atoms with Crippen molar-refractivity contribution in [2.45, 2.75) is 26.1 Å². The number of hydrogen-bond acceptors (Lipinski definition) is 3. The normalized spacial score (nSPS) is 12.6. The van der Waals surface area contributed by atoms with Crippen LogP contribution in [0.25, 0.3) is 0 Å². The van der Waals surface area contributed by atoms with Crippen LogP contribution in [0.4, 0.5) is 18.9 Å². The van der Waals surface area contributed by atoms with Gasteiger partial charge in [0, 0.05) is 12.2 Å². The predicted molar refractivity (Wildman–Crippen MR) is 71.5 cm³/mol. The minimum Gasteiger partial charge on any atom is -0.398 e. The average molecular weight is 303 g/mol. The number of carbonyl (C=O) groups excluding carboxylic acids is 2. The summed E-state index contributed by atoms with van der Waals surface area (Å²) in [6.07, 6.45) is -4.58. The summed E-state index contributed by atoms with van der Waals surface area (Å²) in [6.45, 7) is 3.51. The molecule has 116 valence electrons. The van der Waals surface area contributed by atoms with Crippen molar-refractivity contribution in [3.63, 3.8) is 0 Å². The highest BCUT2D eigenvalue weighted by molar-refractivity contribution is 6.01. The zero-order chi connectivity index (χ0) is 16.2. The molecule has 1 rings (SSSR count). The van der Waals surface area contributed by atoms with Crippen molar-refractivity contribution in [3.05, 3.63) is 29.3 Å². The molecule has 0 heterocycles. The standard InChI is InChI=1S/C13H16F3N3O2/c1-3-18-11(20)7(2)19-12(21)9-6-8(13(14,15)16)4-5-10(9)17/h4-7H,3,17H2,1-2H3,(H,18,20)(H,19,21). The molecule has 1 aromatic rings. The Morgan fingerprint density at radius 2 is 1.95 bits per heavy atom. The largest absolute Gasteiger partial charge is 0.416 e. The fourth-order valence-corrected chi connectivity index (χ4v) is 1.60. The summed E-state index contributed by atoms with van der Waals surface area (Å²) in [4.78, 5) is 23.4. The smallest absolute Gasteiger partial charge is 0.398 e. The van der Waals surface area contributed by atoms with Crippen LogP contribution in [0, 0.1) is 0 Å². The first-order valence-corrected chi connectivity index (χ1v) is 6.22. The molecule has 0 saturated carbocycles. The Morgan fingerprint density at radius 1 is 1.33 bits per heavy atom. The molecule has 0 aliphatic heterocycles. The number of benzene rings is 1. The van der Waals surface area contributed by atoms with Crippen molar-refractivity contribution in [2.24, 2.45) is 0 Å². The lowest BCUT2D eigenvalue weighted by atomic mass is 10.1. The minimum absolute atomic E-state index is 0.0939. The van der Waals surface area contributed by atoms with Gasteiger partial charge < -0.3 is 16.4 Å². The van der Waals surface area contributed by atoms with Gasteiger partial charge in [0.1, 0.15) is 6.04 Å². The first kappa shape index (κ1) is 16.8. The number of nitrogen functional groups attached to an aromatic ring is 1. The van der Waals surface area contributed by atoms with Crippen LogP contribution < -0.4 is 16.4 Å². The van der Waals surface area contributed by atoms with E-state index >= 15 is 0 Å². The molecule has 2 amide bonds. The maximum Gasteiger partial charge on any atom is 0.416 e. The highest BCUT2D eigenvalue weighted by Gasteiger charge is 2.31. The second kappa shape index (κ2) is 6.47. The van der Waals surface area contributed by atoms with Gasteiger partial charge in [0.2, 0.25) is 5.91 Å². The van der Waals surface area contributed by atoms with Crippen LogP contribution in [0.15, 0.2) is 18.2 Å². The SMILES string of the molecule is CCNC(=O)C(C)NC(=O)c1cc(C(F)(F)F)ccc1N. The number of carbonyl (C=O) groups is 2. The van der Waals surface area contributed by atoms with E-state index in [0.717, 1.165) is 12.1 Å². The van der Waals surface area contributed by atoms with E-state index in [2.05, 4.69) is 10.6 Å². The summed E-state index contributed by atoms with van der Waals surface area (Å²) in [5, 5.41) is 4.79. The van der Waals surface area contributed by atoms with Gasteiger partial charge in [-0.1, -0.05) is 0 Å². The molecule has 8 heteroatoms. The van der Waals surface area contributed by atoms with Crippen molar-refractivity contribution in [1.82, 2.24) is 10.6 Å². The monoisotopic (exact) mass is 303 g/mol. The molecule has 0 aliphatic rings. The fraction of sp³-hybridized carbons (Fsp3) is 0.385. The van der Waals surface area contributed by atoms with Gasteiger partial charge >= 0.3 is 6.18 Å². The van der Waals surface area contributed by atoms with Crippen molar-refractivity contribution < 1.29 is 22.8 Å². The molecule has 21 heavy (non-hydrogen) atoms. The second-order valence-corrected chi connectivity index (χ2v) is 4.39. The molecule has 5 nitrogen and oxygen atoms in total. The summed E-state index contributed by atoms with van der Waals surface area (Å²) in [7, 11) is 0. The van der Waals surface area contributed by atoms with E-state index in [-0.39, 0.29) is 11.3 Å². The van der Waals surface area contributed by atoms with Gasteiger partial charge in [-0.15, -0.1) is 0 Å². The Morgan fingerprint density at radius 3 is 2.48 bits per heavy atom. The number of amides is 2. The molecule has 1 aromatic carbocycles. The van der Waals surface area contributed by atoms with E-state index in [0.29, 0.717) is 12.6 Å². The van der Waals surface area contributed by atoms with E-state index in [1.54, 1.807) is 6.92 Å². The van der Waals surface area contributed by atoms with Gasteiger partial charge in [0.25, 0.3) is 5.91 Å². The molecule has 0 aromatic heterocycles. The van der Waals surface area contributed by atoms with Crippen LogP contribution in [-0.4, -0.2) is 24.4 Å². The molecule has 0 bridgehead atoms. The quantitative estimate of drug-likeness (QED) is 0.738. The van der Waals surface area contributed by atoms with Crippen LogP contribution in [0.3, 0.4) is 0 Å². The highest BCUT2D eigenvalue weighted by Crippen LogP contribution is 2.31. The van der Waals surface area contributed by atoms with Crippen molar-refractivity contribution in [3.8, 4) is 0 Å². The summed E-state index contributed by atoms with van der Waals surface area (Å²) >= 11 is 0. The number of anilines is 1. The van der Waals surface area contributed by atoms with E-state index < -0.39 is 29.6 Å². The third-order valence-corrected chi connectivity index (χ3v) is 2.72. The lowest BCUT2D eigenvalue weighted by Crippen LogP contribution is -2.44. The van der Waals surface area contributed by atoms with Crippen LogP contribution in [0.1, 0.15) is 29.8 Å². The Bertz CT molecular complexity index is 544. The van der Waals surface area contributed by atoms with Crippen LogP contribution in [0.5, 0.6) is 0 Å². The van der Waals surface area contributed by atoms with Crippen molar-refractivity contribution in [2.75, 3.05) is 12.3 Å². The molecule has 1 unspecified atom stereocenters. The molecule has 4 N–H and O–H groups in total. The molecule has 0 fully saturated rings. The molecule has 0 spiro atoms. The van der Waals surface area contributed by atoms with Gasteiger partial charge in [-0.05, 0) is 32.0 Å². The Kier molecular flexibility index (Phi) is 5.17. The topological polar surface area (TPSA) is 84.2 Å². The molecule has 0 saturated heterocycles. The van der Waals surface area contributed by atoms with E-state index in [9.17, 15) is 22.8 Å². The summed E-state index contributed by atoms with van der Waals surface area (Å²) in [6, 6.07) is 1.58. The van der Waals surface area contributed by atoms with Gasteiger partial charge in [0.15, 0.2) is 0 Å². The Labute approximate surface area is 119 Å². The first-order chi connectivity index (χ1) is 9.66. The van der Waals surface area contributed by atoms with Gasteiger partial charge in [-0.25, -0.2) is 0 Å². The van der Waals surface area contributed by atoms with Crippen LogP contribution >= 0.6 is 0 Å². The van der Waals surface area contributed by atoms with Crippen LogP contribution in [-0.2, 0) is 11.0 Å². The van der Waals surface area contributed by atoms with Crippen LogP contribution in [0.2, 0.25) is 0 Å². The maximum atomic E-state index is 12.6. The first-order valence-electron chi connectivity index (χ1n) is 6.22. The third-order valence-electron chi connectivity index (χ3n) is 2.72. The molecule has 1 atom stereocenters. The lowest BCUT2D eigenvalue weighted by molar-refractivity contribution is -0.137. The highest BCUT2D eigenvalue weighted by atomic mass is 19.4. The third kappa shape index (κ3) is 4.37. The van der Waals surface area contributed by atoms with Gasteiger partial charge in [0.05, 0.1) is 11.1 Å². The minimum atomic E-state index is -4.58. The van der Waals surface area contributed by atoms with E-state index in [4.69, 9.17) is 5.73 Å². The number of nitrogens with two attached hydrogens (primary N) is 1. The summed E-state index contributed by atoms with van der Waals surface area (Å²) in [5.41, 5.74) is 4.12. The molecular formula is C13H16F3N3O2. The van der Waals surface area contributed by atoms with E-state index in [1.807, 2.05) is 0 Å². The second-order valence-electron chi connectivity index (χ2n) is 4.39. The van der Waals surface area contributed by atoms with Gasteiger partial charge in [-0.3, -0.25) is 9.59 Å². The molecule has 0 aliphatic carbocycles. The lowest BCUT2D eigenvalue weighted by Gasteiger charge is -2.15. The van der Waals surface area contributed by atoms with E-state index in [1.165, 1.54) is 6.92 Å². The van der Waals surface area contributed by atoms with Gasteiger partial charge in [-0.2, -0.15) is 13.2 Å². The number of likely N-dealkylation sites (N-methyl/N-ethyl adjacent to an activating group) is 1. The zero-order valence-corrected chi connectivity index (χ0v) is 11.5. The molecular weight excluding hydrogens is 287 g/mol. The summed E-state index contributed by atoms with van der Waals surface area (Å²) < 4.78 is 37.9. The number of hydrogen-bond donors (Lipinski definition) is 3. The fourth-order valence-electron chi connectivity index (χ4n) is 1.60. The van der Waals surface area contributed by atoms with Crippen molar-refractivity contribution in [1.29, 1.82) is 0 Å². The number of halogens is 3. The maximum absolute atomic E-state index is 12.6. The average Bonchev–Trinajstić information content (AvgIpc) is 2.37. The number of nitrogens with one attached hydrogen (secondary N) is 2.